The summed E-state index contributed by atoms with van der Waals surface area (Å²) < 4.78 is 5.14. The quantitative estimate of drug-likeness (QED) is 0.741. The molecular weight excluding hydrogens is 326 g/mol. The Hall–Kier alpha value is -2.17. The van der Waals surface area contributed by atoms with Crippen LogP contribution in [-0.2, 0) is 22.7 Å². The van der Waals surface area contributed by atoms with Crippen molar-refractivity contribution in [1.29, 1.82) is 0 Å². The molecule has 0 atom stereocenters. The van der Waals surface area contributed by atoms with Crippen molar-refractivity contribution in [3.63, 3.8) is 0 Å². The van der Waals surface area contributed by atoms with Crippen LogP contribution in [0.4, 0.5) is 0 Å². The smallest absolute Gasteiger partial charge is 0.220 e. The molecule has 0 spiro atoms. The Morgan fingerprint density at radius 3 is 2.33 bits per heavy atom. The van der Waals surface area contributed by atoms with Gasteiger partial charge >= 0.3 is 0 Å². The molecule has 0 bridgehead atoms. The molecule has 1 N–H and O–H groups in total. The lowest BCUT2D eigenvalue weighted by atomic mass is 10.1. The van der Waals surface area contributed by atoms with Crippen molar-refractivity contribution in [2.45, 2.75) is 26.0 Å². The number of hydrogen-bond donors (Lipinski definition) is 1. The van der Waals surface area contributed by atoms with Gasteiger partial charge in [-0.2, -0.15) is 0 Å². The molecule has 4 nitrogen and oxygen atoms in total. The minimum Gasteiger partial charge on any atom is -0.380 e. The SMILES string of the molecule is COCc1ccccc1CNC(=O)CCC(=O)c1ccc(Cl)cc1. The number of ether oxygens (including phenoxy) is 1. The number of benzene rings is 2. The molecular formula is C19H20ClNO3. The number of halogens is 1. The van der Waals surface area contributed by atoms with Crippen molar-refractivity contribution in [3.05, 3.63) is 70.2 Å². The summed E-state index contributed by atoms with van der Waals surface area (Å²) in [5.74, 6) is -0.217. The zero-order chi connectivity index (χ0) is 17.4. The van der Waals surface area contributed by atoms with E-state index in [2.05, 4.69) is 5.32 Å². The van der Waals surface area contributed by atoms with E-state index < -0.39 is 0 Å². The van der Waals surface area contributed by atoms with Crippen molar-refractivity contribution in [3.8, 4) is 0 Å². The van der Waals surface area contributed by atoms with Gasteiger partial charge in [-0.05, 0) is 35.4 Å². The van der Waals surface area contributed by atoms with Crippen LogP contribution in [-0.4, -0.2) is 18.8 Å². The average Bonchev–Trinajstić information content (AvgIpc) is 2.60. The molecule has 0 fully saturated rings. The largest absolute Gasteiger partial charge is 0.380 e. The summed E-state index contributed by atoms with van der Waals surface area (Å²) in [5, 5.41) is 3.43. The highest BCUT2D eigenvalue weighted by atomic mass is 35.5. The molecule has 2 rings (SSSR count). The highest BCUT2D eigenvalue weighted by Crippen LogP contribution is 2.12. The molecule has 0 radical (unpaired) electrons. The second-order valence-electron chi connectivity index (χ2n) is 5.41. The van der Waals surface area contributed by atoms with Gasteiger partial charge in [-0.25, -0.2) is 0 Å². The van der Waals surface area contributed by atoms with Crippen LogP contribution < -0.4 is 5.32 Å². The number of nitrogens with one attached hydrogen (secondary N) is 1. The Morgan fingerprint density at radius 1 is 1.00 bits per heavy atom. The molecule has 2 aromatic carbocycles. The predicted molar refractivity (Wildman–Crippen MR) is 94.0 cm³/mol. The van der Waals surface area contributed by atoms with Crippen molar-refractivity contribution in [1.82, 2.24) is 5.32 Å². The summed E-state index contributed by atoms with van der Waals surface area (Å²) in [6, 6.07) is 14.5. The van der Waals surface area contributed by atoms with Gasteiger partial charge < -0.3 is 10.1 Å². The van der Waals surface area contributed by atoms with Crippen LogP contribution in [0.2, 0.25) is 5.02 Å². The lowest BCUT2D eigenvalue weighted by Gasteiger charge is -2.10. The van der Waals surface area contributed by atoms with Crippen LogP contribution in [0.5, 0.6) is 0 Å². The lowest BCUT2D eigenvalue weighted by molar-refractivity contribution is -0.121. The number of Topliss-reactive ketones (excluding diaryl/α,β-unsaturated/α-hetero) is 1. The molecule has 0 heterocycles. The van der Waals surface area contributed by atoms with E-state index in [0.29, 0.717) is 23.7 Å². The Labute approximate surface area is 146 Å². The molecule has 0 aliphatic heterocycles. The monoisotopic (exact) mass is 345 g/mol. The van der Waals surface area contributed by atoms with Crippen molar-refractivity contribution in [2.75, 3.05) is 7.11 Å². The van der Waals surface area contributed by atoms with Crippen LogP contribution in [0.15, 0.2) is 48.5 Å². The van der Waals surface area contributed by atoms with Gasteiger partial charge in [0.2, 0.25) is 5.91 Å². The maximum Gasteiger partial charge on any atom is 0.220 e. The van der Waals surface area contributed by atoms with Gasteiger partial charge in [0.25, 0.3) is 0 Å². The predicted octanol–water partition coefficient (Wildman–Crippen LogP) is 3.77. The van der Waals surface area contributed by atoms with Crippen molar-refractivity contribution >= 4 is 23.3 Å². The fourth-order valence-corrected chi connectivity index (χ4v) is 2.44. The van der Waals surface area contributed by atoms with E-state index in [4.69, 9.17) is 16.3 Å². The van der Waals surface area contributed by atoms with Crippen LogP contribution in [0, 0.1) is 0 Å². The number of rotatable bonds is 8. The van der Waals surface area contributed by atoms with E-state index in [9.17, 15) is 9.59 Å². The van der Waals surface area contributed by atoms with E-state index in [0.717, 1.165) is 11.1 Å². The van der Waals surface area contributed by atoms with E-state index in [1.54, 1.807) is 31.4 Å². The molecule has 126 valence electrons. The standard InChI is InChI=1S/C19H20ClNO3/c1-24-13-16-5-3-2-4-15(16)12-21-19(23)11-10-18(22)14-6-8-17(20)9-7-14/h2-9H,10-13H2,1H3,(H,21,23). The zero-order valence-electron chi connectivity index (χ0n) is 13.5. The third-order valence-corrected chi connectivity index (χ3v) is 3.89. The summed E-state index contributed by atoms with van der Waals surface area (Å²) in [6.45, 7) is 0.925. The molecule has 0 unspecified atom stereocenters. The Bertz CT molecular complexity index is 698. The van der Waals surface area contributed by atoms with Crippen LogP contribution in [0.1, 0.15) is 34.3 Å². The maximum atomic E-state index is 12.0. The number of methoxy groups -OCH3 is 1. The molecule has 0 aliphatic carbocycles. The number of carbonyl (C=O) groups excluding carboxylic acids is 2. The van der Waals surface area contributed by atoms with Gasteiger partial charge in [-0.1, -0.05) is 35.9 Å². The van der Waals surface area contributed by atoms with Gasteiger partial charge in [-0.15, -0.1) is 0 Å². The fraction of sp³-hybridized carbons (Fsp3) is 0.263. The zero-order valence-corrected chi connectivity index (χ0v) is 14.3. The molecule has 0 aromatic heterocycles. The van der Waals surface area contributed by atoms with E-state index in [1.165, 1.54) is 0 Å². The lowest BCUT2D eigenvalue weighted by Crippen LogP contribution is -2.24. The number of ketones is 1. The van der Waals surface area contributed by atoms with Crippen LogP contribution in [0.25, 0.3) is 0 Å². The fourth-order valence-electron chi connectivity index (χ4n) is 2.32. The van der Waals surface area contributed by atoms with E-state index in [1.807, 2.05) is 24.3 Å². The van der Waals surface area contributed by atoms with E-state index >= 15 is 0 Å². The summed E-state index contributed by atoms with van der Waals surface area (Å²) in [6.07, 6.45) is 0.334. The Balaban J connectivity index is 1.81. The van der Waals surface area contributed by atoms with Crippen LogP contribution >= 0.6 is 11.6 Å². The minimum absolute atomic E-state index is 0.0680. The summed E-state index contributed by atoms with van der Waals surface area (Å²) in [5.41, 5.74) is 2.62. The summed E-state index contributed by atoms with van der Waals surface area (Å²) >= 11 is 5.79. The number of hydrogen-bond acceptors (Lipinski definition) is 3. The van der Waals surface area contributed by atoms with Gasteiger partial charge in [0.1, 0.15) is 0 Å². The minimum atomic E-state index is -0.149. The first kappa shape index (κ1) is 18.2. The molecule has 2 aromatic rings. The molecule has 5 heteroatoms. The highest BCUT2D eigenvalue weighted by Gasteiger charge is 2.10. The number of carbonyl (C=O) groups is 2. The molecule has 1 amide bonds. The van der Waals surface area contributed by atoms with E-state index in [-0.39, 0.29) is 24.5 Å². The van der Waals surface area contributed by atoms with Gasteiger partial charge in [-0.3, -0.25) is 9.59 Å². The maximum absolute atomic E-state index is 12.0. The third kappa shape index (κ3) is 5.48. The molecule has 24 heavy (non-hydrogen) atoms. The normalized spacial score (nSPS) is 10.4. The first-order valence-electron chi connectivity index (χ1n) is 7.71. The second kappa shape index (κ2) is 9.21. The van der Waals surface area contributed by atoms with Crippen LogP contribution in [0.3, 0.4) is 0 Å². The third-order valence-electron chi connectivity index (χ3n) is 3.64. The molecule has 0 aliphatic rings. The first-order chi connectivity index (χ1) is 11.6. The highest BCUT2D eigenvalue weighted by molar-refractivity contribution is 6.30. The van der Waals surface area contributed by atoms with Crippen molar-refractivity contribution in [2.24, 2.45) is 0 Å². The average molecular weight is 346 g/mol. The van der Waals surface area contributed by atoms with Crippen molar-refractivity contribution < 1.29 is 14.3 Å². The topological polar surface area (TPSA) is 55.4 Å². The first-order valence-corrected chi connectivity index (χ1v) is 8.09. The molecule has 0 saturated heterocycles. The van der Waals surface area contributed by atoms with Gasteiger partial charge in [0, 0.05) is 37.1 Å². The Morgan fingerprint density at radius 2 is 1.67 bits per heavy atom. The summed E-state index contributed by atoms with van der Waals surface area (Å²) in [4.78, 5) is 24.0. The van der Waals surface area contributed by atoms with Gasteiger partial charge in [0.05, 0.1) is 6.61 Å². The summed E-state index contributed by atoms with van der Waals surface area (Å²) in [7, 11) is 1.64. The number of amides is 1. The van der Waals surface area contributed by atoms with Gasteiger partial charge in [0.15, 0.2) is 5.78 Å². The second-order valence-corrected chi connectivity index (χ2v) is 5.84. The molecule has 0 saturated carbocycles. The Kier molecular flexibility index (Phi) is 6.97.